The second-order valence-corrected chi connectivity index (χ2v) is 5.73. The maximum Gasteiger partial charge on any atom is 0.224 e. The Balaban J connectivity index is 1.67. The highest BCUT2D eigenvalue weighted by atomic mass is 79.9. The van der Waals surface area contributed by atoms with E-state index >= 15 is 0 Å². The Morgan fingerprint density at radius 2 is 1.76 bits per heavy atom. The van der Waals surface area contributed by atoms with Gasteiger partial charge in [-0.15, -0.1) is 0 Å². The summed E-state index contributed by atoms with van der Waals surface area (Å²) in [4.78, 5) is 11.8. The van der Waals surface area contributed by atoms with Gasteiger partial charge in [0.2, 0.25) is 5.91 Å². The van der Waals surface area contributed by atoms with Crippen LogP contribution in [0.3, 0.4) is 0 Å². The van der Waals surface area contributed by atoms with Crippen LogP contribution in [0.5, 0.6) is 5.75 Å². The molecule has 0 aliphatic heterocycles. The maximum absolute atomic E-state index is 11.8. The summed E-state index contributed by atoms with van der Waals surface area (Å²) in [5, 5.41) is 2.85. The van der Waals surface area contributed by atoms with Gasteiger partial charge >= 0.3 is 0 Å². The third-order valence-corrected chi connectivity index (χ3v) is 3.52. The summed E-state index contributed by atoms with van der Waals surface area (Å²) in [6.07, 6.45) is 0.401. The van der Waals surface area contributed by atoms with Crippen molar-refractivity contribution in [2.45, 2.75) is 13.3 Å². The molecule has 0 aliphatic rings. The van der Waals surface area contributed by atoms with Crippen molar-refractivity contribution >= 4 is 21.8 Å². The predicted octanol–water partition coefficient (Wildman–Crippen LogP) is 3.50. The van der Waals surface area contributed by atoms with Crippen molar-refractivity contribution in [3.8, 4) is 5.75 Å². The standard InChI is InChI=1S/C17H18BrNO2/c1-13-2-4-14(5-3-13)12-17(20)19-10-11-21-16-8-6-15(18)7-9-16/h2-9H,10-12H2,1H3,(H,19,20). The molecule has 3 nitrogen and oxygen atoms in total. The molecule has 4 heteroatoms. The topological polar surface area (TPSA) is 38.3 Å². The van der Waals surface area contributed by atoms with Crippen LogP contribution in [0, 0.1) is 6.92 Å². The fraction of sp³-hybridized carbons (Fsp3) is 0.235. The minimum Gasteiger partial charge on any atom is -0.492 e. The summed E-state index contributed by atoms with van der Waals surface area (Å²) in [6, 6.07) is 15.6. The number of rotatable bonds is 6. The molecule has 0 atom stereocenters. The highest BCUT2D eigenvalue weighted by Gasteiger charge is 2.02. The molecule has 0 unspecified atom stereocenters. The second kappa shape index (κ2) is 7.84. The molecule has 0 aliphatic carbocycles. The molecule has 2 aromatic carbocycles. The number of nitrogens with one attached hydrogen (secondary N) is 1. The van der Waals surface area contributed by atoms with E-state index in [1.807, 2.05) is 55.5 Å². The lowest BCUT2D eigenvalue weighted by Crippen LogP contribution is -2.29. The lowest BCUT2D eigenvalue weighted by atomic mass is 10.1. The highest BCUT2D eigenvalue weighted by Crippen LogP contribution is 2.15. The second-order valence-electron chi connectivity index (χ2n) is 4.81. The number of hydrogen-bond donors (Lipinski definition) is 1. The molecule has 0 saturated carbocycles. The minimum atomic E-state index is 0.0123. The van der Waals surface area contributed by atoms with Gasteiger partial charge in [0, 0.05) is 4.47 Å². The molecule has 110 valence electrons. The first kappa shape index (κ1) is 15.6. The van der Waals surface area contributed by atoms with Gasteiger partial charge in [-0.1, -0.05) is 45.8 Å². The van der Waals surface area contributed by atoms with Crippen molar-refractivity contribution in [3.63, 3.8) is 0 Å². The molecular weight excluding hydrogens is 330 g/mol. The first-order valence-electron chi connectivity index (χ1n) is 6.84. The molecule has 0 bridgehead atoms. The smallest absolute Gasteiger partial charge is 0.224 e. The fourth-order valence-corrected chi connectivity index (χ4v) is 2.11. The zero-order chi connectivity index (χ0) is 15.1. The van der Waals surface area contributed by atoms with Crippen molar-refractivity contribution in [3.05, 3.63) is 64.1 Å². The Bertz CT molecular complexity index is 579. The summed E-state index contributed by atoms with van der Waals surface area (Å²) < 4.78 is 6.56. The summed E-state index contributed by atoms with van der Waals surface area (Å²) in [6.45, 7) is 2.99. The molecule has 1 amide bonds. The van der Waals surface area contributed by atoms with Crippen LogP contribution in [0.15, 0.2) is 53.0 Å². The van der Waals surface area contributed by atoms with Crippen LogP contribution >= 0.6 is 15.9 Å². The normalized spacial score (nSPS) is 10.2. The number of carbonyl (C=O) groups excluding carboxylic acids is 1. The van der Waals surface area contributed by atoms with Crippen LogP contribution in [-0.4, -0.2) is 19.1 Å². The average molecular weight is 348 g/mol. The SMILES string of the molecule is Cc1ccc(CC(=O)NCCOc2ccc(Br)cc2)cc1. The first-order chi connectivity index (χ1) is 10.1. The van der Waals surface area contributed by atoms with E-state index in [1.165, 1.54) is 5.56 Å². The van der Waals surface area contributed by atoms with E-state index in [0.717, 1.165) is 15.8 Å². The lowest BCUT2D eigenvalue weighted by Gasteiger charge is -2.08. The van der Waals surface area contributed by atoms with Gasteiger partial charge in [-0.2, -0.15) is 0 Å². The van der Waals surface area contributed by atoms with Crippen molar-refractivity contribution in [1.29, 1.82) is 0 Å². The van der Waals surface area contributed by atoms with Crippen molar-refractivity contribution in [1.82, 2.24) is 5.32 Å². The number of aryl methyl sites for hydroxylation is 1. The summed E-state index contributed by atoms with van der Waals surface area (Å²) >= 11 is 3.37. The Hall–Kier alpha value is -1.81. The number of carbonyl (C=O) groups is 1. The Kier molecular flexibility index (Phi) is 5.81. The lowest BCUT2D eigenvalue weighted by molar-refractivity contribution is -0.120. The molecule has 0 saturated heterocycles. The number of hydrogen-bond acceptors (Lipinski definition) is 2. The van der Waals surface area contributed by atoms with E-state index in [1.54, 1.807) is 0 Å². The van der Waals surface area contributed by atoms with Gasteiger partial charge in [-0.25, -0.2) is 0 Å². The minimum absolute atomic E-state index is 0.0123. The van der Waals surface area contributed by atoms with Crippen molar-refractivity contribution < 1.29 is 9.53 Å². The van der Waals surface area contributed by atoms with Gasteiger partial charge in [-0.3, -0.25) is 4.79 Å². The zero-order valence-electron chi connectivity index (χ0n) is 11.9. The molecule has 0 heterocycles. The van der Waals surface area contributed by atoms with Gasteiger partial charge in [-0.05, 0) is 36.8 Å². The summed E-state index contributed by atoms with van der Waals surface area (Å²) in [7, 11) is 0. The van der Waals surface area contributed by atoms with Gasteiger partial charge in [0.05, 0.1) is 13.0 Å². The molecule has 0 aromatic heterocycles. The fourth-order valence-electron chi connectivity index (χ4n) is 1.84. The van der Waals surface area contributed by atoms with Crippen molar-refractivity contribution in [2.24, 2.45) is 0 Å². The van der Waals surface area contributed by atoms with Gasteiger partial charge < -0.3 is 10.1 Å². The maximum atomic E-state index is 11.8. The predicted molar refractivity (Wildman–Crippen MR) is 87.5 cm³/mol. The molecule has 0 radical (unpaired) electrons. The number of halogens is 1. The Labute approximate surface area is 133 Å². The van der Waals surface area contributed by atoms with Crippen LogP contribution in [-0.2, 0) is 11.2 Å². The third-order valence-electron chi connectivity index (χ3n) is 2.99. The van der Waals surface area contributed by atoms with Crippen LogP contribution in [0.2, 0.25) is 0 Å². The van der Waals surface area contributed by atoms with E-state index in [9.17, 15) is 4.79 Å². The number of amides is 1. The third kappa shape index (κ3) is 5.60. The van der Waals surface area contributed by atoms with E-state index in [4.69, 9.17) is 4.74 Å². The van der Waals surface area contributed by atoms with Crippen LogP contribution in [0.4, 0.5) is 0 Å². The molecule has 0 spiro atoms. The summed E-state index contributed by atoms with van der Waals surface area (Å²) in [5.74, 6) is 0.809. The van der Waals surface area contributed by atoms with E-state index in [-0.39, 0.29) is 5.91 Å². The monoisotopic (exact) mass is 347 g/mol. The molecule has 0 fully saturated rings. The van der Waals surface area contributed by atoms with Crippen LogP contribution in [0.25, 0.3) is 0 Å². The molecule has 21 heavy (non-hydrogen) atoms. The van der Waals surface area contributed by atoms with Crippen molar-refractivity contribution in [2.75, 3.05) is 13.2 Å². The molecular formula is C17H18BrNO2. The first-order valence-corrected chi connectivity index (χ1v) is 7.63. The highest BCUT2D eigenvalue weighted by molar-refractivity contribution is 9.10. The Morgan fingerprint density at radius 3 is 2.43 bits per heavy atom. The summed E-state index contributed by atoms with van der Waals surface area (Å²) in [5.41, 5.74) is 2.22. The average Bonchev–Trinajstić information content (AvgIpc) is 2.48. The number of benzene rings is 2. The van der Waals surface area contributed by atoms with Gasteiger partial charge in [0.25, 0.3) is 0 Å². The number of ether oxygens (including phenoxy) is 1. The Morgan fingerprint density at radius 1 is 1.10 bits per heavy atom. The van der Waals surface area contributed by atoms with Crippen LogP contribution in [0.1, 0.15) is 11.1 Å². The molecule has 2 rings (SSSR count). The zero-order valence-corrected chi connectivity index (χ0v) is 13.5. The van der Waals surface area contributed by atoms with E-state index < -0.39 is 0 Å². The van der Waals surface area contributed by atoms with Gasteiger partial charge in [0.15, 0.2) is 0 Å². The molecule has 1 N–H and O–H groups in total. The van der Waals surface area contributed by atoms with E-state index in [2.05, 4.69) is 21.2 Å². The quantitative estimate of drug-likeness (QED) is 0.812. The molecule has 2 aromatic rings. The largest absolute Gasteiger partial charge is 0.492 e. The van der Waals surface area contributed by atoms with Gasteiger partial charge in [0.1, 0.15) is 12.4 Å². The van der Waals surface area contributed by atoms with E-state index in [0.29, 0.717) is 19.6 Å². The van der Waals surface area contributed by atoms with Crippen LogP contribution < -0.4 is 10.1 Å².